The van der Waals surface area contributed by atoms with Crippen molar-refractivity contribution in [1.82, 2.24) is 10.3 Å². The molecule has 0 aromatic rings. The fourth-order valence-electron chi connectivity index (χ4n) is 0.683. The van der Waals surface area contributed by atoms with E-state index in [1.165, 1.54) is 6.08 Å². The molecule has 0 unspecified atom stereocenters. The Morgan fingerprint density at radius 1 is 1.64 bits per heavy atom. The maximum absolute atomic E-state index is 11.1. The van der Waals surface area contributed by atoms with E-state index in [-0.39, 0.29) is 19.7 Å². The first-order valence-corrected chi connectivity index (χ1v) is 4.18. The number of hydrogen-bond acceptors (Lipinski definition) is 4. The number of esters is 1. The van der Waals surface area contributed by atoms with Gasteiger partial charge in [-0.25, -0.2) is 10.6 Å². The van der Waals surface area contributed by atoms with Gasteiger partial charge in [0.1, 0.15) is 6.54 Å². The van der Waals surface area contributed by atoms with E-state index in [0.29, 0.717) is 0 Å². The highest BCUT2D eigenvalue weighted by atomic mass is 16.5. The summed E-state index contributed by atoms with van der Waals surface area (Å²) in [5.41, 5.74) is 0. The number of hydrazine groups is 1. The minimum Gasteiger partial charge on any atom is -0.465 e. The lowest BCUT2D eigenvalue weighted by Crippen LogP contribution is -2.46. The molecular weight excluding hydrogens is 186 g/mol. The van der Waals surface area contributed by atoms with Crippen LogP contribution in [0.3, 0.4) is 0 Å². The Bertz CT molecular complexity index is 218. The summed E-state index contributed by atoms with van der Waals surface area (Å²) in [6.07, 6.45) is 1.48. The molecule has 0 rings (SSSR count). The highest BCUT2D eigenvalue weighted by Gasteiger charge is 2.09. The molecule has 0 bridgehead atoms. The Labute approximate surface area is 82.7 Å². The van der Waals surface area contributed by atoms with Crippen LogP contribution >= 0.6 is 0 Å². The average molecular weight is 201 g/mol. The summed E-state index contributed by atoms with van der Waals surface area (Å²) in [5.74, 6) is 4.79. The number of urea groups is 1. The summed E-state index contributed by atoms with van der Waals surface area (Å²) in [6.45, 7) is 5.42. The smallest absolute Gasteiger partial charge is 0.332 e. The Morgan fingerprint density at radius 2 is 2.29 bits per heavy atom. The molecule has 3 N–H and O–H groups in total. The van der Waals surface area contributed by atoms with Crippen LogP contribution in [-0.4, -0.2) is 36.7 Å². The lowest BCUT2D eigenvalue weighted by atomic mass is 10.6. The summed E-state index contributed by atoms with van der Waals surface area (Å²) in [6, 6.07) is -0.544. The molecule has 0 atom stereocenters. The van der Waals surface area contributed by atoms with E-state index < -0.39 is 12.0 Å². The second-order valence-electron chi connectivity index (χ2n) is 2.40. The second-order valence-corrected chi connectivity index (χ2v) is 2.40. The average Bonchev–Trinajstić information content (AvgIpc) is 2.15. The number of carbonyl (C=O) groups is 2. The minimum absolute atomic E-state index is 0.183. The summed E-state index contributed by atoms with van der Waals surface area (Å²) in [7, 11) is 0. The lowest BCUT2D eigenvalue weighted by molar-refractivity contribution is -0.141. The molecule has 0 aliphatic carbocycles. The van der Waals surface area contributed by atoms with Crippen molar-refractivity contribution in [2.45, 2.75) is 6.92 Å². The van der Waals surface area contributed by atoms with Gasteiger partial charge in [-0.15, -0.1) is 6.58 Å². The largest absolute Gasteiger partial charge is 0.465 e. The summed E-state index contributed by atoms with van der Waals surface area (Å²) in [5, 5.41) is 3.20. The summed E-state index contributed by atoms with van der Waals surface area (Å²) in [4.78, 5) is 21.9. The van der Waals surface area contributed by atoms with Crippen molar-refractivity contribution in [3.05, 3.63) is 12.7 Å². The van der Waals surface area contributed by atoms with E-state index >= 15 is 0 Å². The van der Waals surface area contributed by atoms with E-state index in [0.717, 1.165) is 5.01 Å². The molecule has 2 amide bonds. The number of ether oxygens (including phenoxy) is 1. The van der Waals surface area contributed by atoms with Crippen LogP contribution in [0, 0.1) is 0 Å². The number of nitrogens with one attached hydrogen (secondary N) is 1. The first-order valence-electron chi connectivity index (χ1n) is 4.18. The number of carbonyl (C=O) groups excluding carboxylic acids is 2. The maximum atomic E-state index is 11.1. The van der Waals surface area contributed by atoms with Crippen molar-refractivity contribution in [2.75, 3.05) is 19.7 Å². The predicted octanol–water partition coefficient (Wildman–Crippen LogP) is -0.379. The van der Waals surface area contributed by atoms with E-state index in [9.17, 15) is 9.59 Å². The second kappa shape index (κ2) is 6.90. The van der Waals surface area contributed by atoms with Gasteiger partial charge in [-0.05, 0) is 6.92 Å². The zero-order valence-electron chi connectivity index (χ0n) is 8.16. The molecule has 0 saturated heterocycles. The highest BCUT2D eigenvalue weighted by molar-refractivity contribution is 5.80. The van der Waals surface area contributed by atoms with Gasteiger partial charge in [0.25, 0.3) is 0 Å². The van der Waals surface area contributed by atoms with Gasteiger partial charge in [0.05, 0.1) is 13.2 Å². The third-order valence-corrected chi connectivity index (χ3v) is 1.28. The van der Waals surface area contributed by atoms with Gasteiger partial charge >= 0.3 is 12.0 Å². The molecule has 6 heteroatoms. The number of nitrogens with two attached hydrogens (primary N) is 1. The van der Waals surface area contributed by atoms with E-state index in [1.807, 2.05) is 0 Å². The van der Waals surface area contributed by atoms with Gasteiger partial charge in [0.2, 0.25) is 0 Å². The van der Waals surface area contributed by atoms with E-state index in [1.54, 1.807) is 6.92 Å². The van der Waals surface area contributed by atoms with Gasteiger partial charge in [0, 0.05) is 0 Å². The van der Waals surface area contributed by atoms with Gasteiger partial charge < -0.3 is 10.1 Å². The molecule has 0 fully saturated rings. The molecule has 0 radical (unpaired) electrons. The van der Waals surface area contributed by atoms with Crippen LogP contribution in [0.15, 0.2) is 12.7 Å². The van der Waals surface area contributed by atoms with Gasteiger partial charge in [-0.3, -0.25) is 9.80 Å². The Hall–Kier alpha value is -1.56. The van der Waals surface area contributed by atoms with Crippen molar-refractivity contribution in [3.8, 4) is 0 Å². The first-order chi connectivity index (χ1) is 6.61. The van der Waals surface area contributed by atoms with Crippen molar-refractivity contribution in [2.24, 2.45) is 5.84 Å². The first kappa shape index (κ1) is 12.4. The predicted molar refractivity (Wildman–Crippen MR) is 51.1 cm³/mol. The van der Waals surface area contributed by atoms with Crippen LogP contribution in [0.25, 0.3) is 0 Å². The molecule has 0 saturated carbocycles. The molecule has 0 aromatic carbocycles. The topological polar surface area (TPSA) is 84.7 Å². The summed E-state index contributed by atoms with van der Waals surface area (Å²) >= 11 is 0. The zero-order chi connectivity index (χ0) is 11.0. The van der Waals surface area contributed by atoms with E-state index in [2.05, 4.69) is 16.6 Å². The number of amides is 2. The van der Waals surface area contributed by atoms with Crippen molar-refractivity contribution in [1.29, 1.82) is 0 Å². The molecular formula is C8H15N3O3. The Balaban J connectivity index is 3.72. The van der Waals surface area contributed by atoms with Crippen molar-refractivity contribution >= 4 is 12.0 Å². The summed E-state index contributed by atoms with van der Waals surface area (Å²) < 4.78 is 4.60. The van der Waals surface area contributed by atoms with E-state index in [4.69, 9.17) is 5.84 Å². The standard InChI is InChI=1S/C8H15N3O3/c1-3-5-11(9)8(13)10-6-7(12)14-4-2/h3H,1,4-6,9H2,2H3,(H,10,13). The maximum Gasteiger partial charge on any atom is 0.332 e. The molecule has 0 spiro atoms. The molecule has 0 aromatic heterocycles. The van der Waals surface area contributed by atoms with Gasteiger partial charge in [-0.1, -0.05) is 6.08 Å². The number of hydrogen-bond donors (Lipinski definition) is 2. The zero-order valence-corrected chi connectivity index (χ0v) is 8.16. The van der Waals surface area contributed by atoms with Crippen LogP contribution in [0.5, 0.6) is 0 Å². The molecule has 80 valence electrons. The monoisotopic (exact) mass is 201 g/mol. The Kier molecular flexibility index (Phi) is 6.13. The fourth-order valence-corrected chi connectivity index (χ4v) is 0.683. The van der Waals surface area contributed by atoms with Gasteiger partial charge in [-0.2, -0.15) is 0 Å². The normalized spacial score (nSPS) is 9.00. The molecule has 0 aliphatic rings. The SMILES string of the molecule is C=CCN(N)C(=O)NCC(=O)OCC. The third-order valence-electron chi connectivity index (χ3n) is 1.28. The van der Waals surface area contributed by atoms with Crippen LogP contribution < -0.4 is 11.2 Å². The van der Waals surface area contributed by atoms with Crippen LogP contribution in [-0.2, 0) is 9.53 Å². The van der Waals surface area contributed by atoms with Crippen molar-refractivity contribution in [3.63, 3.8) is 0 Å². The van der Waals surface area contributed by atoms with Crippen LogP contribution in [0.2, 0.25) is 0 Å². The third kappa shape index (κ3) is 5.15. The van der Waals surface area contributed by atoms with Gasteiger partial charge in [0.15, 0.2) is 0 Å². The highest BCUT2D eigenvalue weighted by Crippen LogP contribution is 1.81. The van der Waals surface area contributed by atoms with Crippen molar-refractivity contribution < 1.29 is 14.3 Å². The molecule has 14 heavy (non-hydrogen) atoms. The number of rotatable bonds is 5. The molecule has 0 heterocycles. The molecule has 0 aliphatic heterocycles. The number of nitrogens with zero attached hydrogens (tertiary/aromatic N) is 1. The van der Waals surface area contributed by atoms with Crippen LogP contribution in [0.1, 0.15) is 6.92 Å². The minimum atomic E-state index is -0.544. The fraction of sp³-hybridized carbons (Fsp3) is 0.500. The lowest BCUT2D eigenvalue weighted by Gasteiger charge is -2.14. The molecule has 6 nitrogen and oxygen atoms in total. The quantitative estimate of drug-likeness (QED) is 0.209. The van der Waals surface area contributed by atoms with Crippen LogP contribution in [0.4, 0.5) is 4.79 Å². The Morgan fingerprint density at radius 3 is 2.79 bits per heavy atom.